The van der Waals surface area contributed by atoms with Gasteiger partial charge in [-0.05, 0) is 61.9 Å². The Bertz CT molecular complexity index is 1830. The summed E-state index contributed by atoms with van der Waals surface area (Å²) in [5.41, 5.74) is -2.51. The maximum Gasteiger partial charge on any atom is 0.417 e. The van der Waals surface area contributed by atoms with Crippen molar-refractivity contribution in [2.45, 2.75) is 42.7 Å². The summed E-state index contributed by atoms with van der Waals surface area (Å²) in [7, 11) is -3.33. The molecule has 1 saturated heterocycles. The summed E-state index contributed by atoms with van der Waals surface area (Å²) in [6.07, 6.45) is -6.94. The van der Waals surface area contributed by atoms with Crippen LogP contribution in [-0.2, 0) is 31.9 Å². The lowest BCUT2D eigenvalue weighted by atomic mass is 9.97. The highest BCUT2D eigenvalue weighted by atomic mass is 35.5. The van der Waals surface area contributed by atoms with E-state index in [-0.39, 0.29) is 29.4 Å². The van der Waals surface area contributed by atoms with Crippen molar-refractivity contribution < 1.29 is 44.3 Å². The van der Waals surface area contributed by atoms with E-state index in [1.807, 2.05) is 9.80 Å². The second-order valence-corrected chi connectivity index (χ2v) is 14.0. The molecule has 2 aliphatic heterocycles. The van der Waals surface area contributed by atoms with E-state index in [1.165, 1.54) is 37.5 Å². The van der Waals surface area contributed by atoms with Crippen LogP contribution in [0.2, 0.25) is 5.02 Å². The lowest BCUT2D eigenvalue weighted by Crippen LogP contribution is -2.65. The fourth-order valence-electron chi connectivity index (χ4n) is 5.91. The van der Waals surface area contributed by atoms with E-state index < -0.39 is 55.9 Å². The van der Waals surface area contributed by atoms with Gasteiger partial charge in [0.25, 0.3) is 10.0 Å². The molecule has 3 aromatic carbocycles. The molecular weight excluding hydrogens is 672 g/mol. The van der Waals surface area contributed by atoms with E-state index in [9.17, 15) is 39.6 Å². The van der Waals surface area contributed by atoms with E-state index in [0.29, 0.717) is 30.4 Å². The summed E-state index contributed by atoms with van der Waals surface area (Å²) in [6, 6.07) is 11.0. The number of rotatable bonds is 6. The Labute approximate surface area is 273 Å². The summed E-state index contributed by atoms with van der Waals surface area (Å²) < 4.78 is 116. The molecule has 47 heavy (non-hydrogen) atoms. The number of esters is 1. The SMILES string of the molecule is COC(=O)C(C)(C)N1CCN2c3ccc(/C=C/c4c(Cl)cccc4C(F)(F)F)cc3N(S(=O)(=O)c3cccc(C(F)(F)F)c3)C[C@@H]2C1. The highest BCUT2D eigenvalue weighted by Crippen LogP contribution is 2.43. The van der Waals surface area contributed by atoms with E-state index in [2.05, 4.69) is 0 Å². The van der Waals surface area contributed by atoms with E-state index in [1.54, 1.807) is 26.0 Å². The molecule has 1 atom stereocenters. The van der Waals surface area contributed by atoms with Crippen LogP contribution in [0.3, 0.4) is 0 Å². The predicted molar refractivity (Wildman–Crippen MR) is 167 cm³/mol. The van der Waals surface area contributed by atoms with E-state index in [4.69, 9.17) is 16.3 Å². The third kappa shape index (κ3) is 6.68. The number of halogens is 7. The van der Waals surface area contributed by atoms with Gasteiger partial charge in [0.1, 0.15) is 5.54 Å². The molecule has 0 radical (unpaired) electrons. The topological polar surface area (TPSA) is 70.2 Å². The van der Waals surface area contributed by atoms with Crippen LogP contribution in [-0.4, -0.2) is 64.2 Å². The minimum atomic E-state index is -4.79. The Kier molecular flexibility index (Phi) is 9.10. The summed E-state index contributed by atoms with van der Waals surface area (Å²) in [6.45, 7) is 4.19. The van der Waals surface area contributed by atoms with Crippen molar-refractivity contribution in [3.05, 3.63) is 87.9 Å². The fraction of sp³-hybridized carbons (Fsp3) is 0.344. The van der Waals surface area contributed by atoms with Gasteiger partial charge in [0.05, 0.1) is 47.1 Å². The average Bonchev–Trinajstić information content (AvgIpc) is 3.01. The molecule has 0 unspecified atom stereocenters. The number of hydrogen-bond donors (Lipinski definition) is 0. The number of sulfonamides is 1. The number of hydrogen-bond acceptors (Lipinski definition) is 6. The Morgan fingerprint density at radius 1 is 0.894 bits per heavy atom. The highest BCUT2D eigenvalue weighted by Gasteiger charge is 2.45. The molecule has 3 aromatic rings. The van der Waals surface area contributed by atoms with E-state index in [0.717, 1.165) is 28.6 Å². The lowest BCUT2D eigenvalue weighted by Gasteiger charge is -2.51. The highest BCUT2D eigenvalue weighted by molar-refractivity contribution is 7.92. The molecule has 0 spiro atoms. The van der Waals surface area contributed by atoms with Crippen LogP contribution in [0.25, 0.3) is 12.2 Å². The molecule has 0 bridgehead atoms. The molecular formula is C32H30ClF6N3O4S. The molecule has 252 valence electrons. The summed E-state index contributed by atoms with van der Waals surface area (Å²) >= 11 is 6.10. The number of methoxy groups -OCH3 is 1. The summed E-state index contributed by atoms with van der Waals surface area (Å²) in [4.78, 5) is 15.8. The van der Waals surface area contributed by atoms with Crippen LogP contribution in [0, 0.1) is 0 Å². The lowest BCUT2D eigenvalue weighted by molar-refractivity contribution is -0.153. The predicted octanol–water partition coefficient (Wildman–Crippen LogP) is 7.20. The second-order valence-electron chi connectivity index (χ2n) is 11.7. The van der Waals surface area contributed by atoms with Crippen LogP contribution < -0.4 is 9.21 Å². The normalized spacial score (nSPS) is 17.9. The zero-order valence-electron chi connectivity index (χ0n) is 25.4. The molecule has 0 saturated carbocycles. The quantitative estimate of drug-likeness (QED) is 0.154. The fourth-order valence-corrected chi connectivity index (χ4v) is 7.70. The first-order valence-corrected chi connectivity index (χ1v) is 16.2. The molecule has 15 heteroatoms. The van der Waals surface area contributed by atoms with Crippen LogP contribution in [0.4, 0.5) is 37.7 Å². The van der Waals surface area contributed by atoms with Gasteiger partial charge in [0.2, 0.25) is 0 Å². The Balaban J connectivity index is 1.60. The van der Waals surface area contributed by atoms with Crippen LogP contribution in [0.5, 0.6) is 0 Å². The monoisotopic (exact) mass is 701 g/mol. The van der Waals surface area contributed by atoms with Crippen LogP contribution in [0.15, 0.2) is 65.6 Å². The molecule has 0 aromatic heterocycles. The number of fused-ring (bicyclic) bond motifs is 3. The maximum absolute atomic E-state index is 14.1. The first kappa shape index (κ1) is 34.6. The minimum Gasteiger partial charge on any atom is -0.468 e. The van der Waals surface area contributed by atoms with E-state index >= 15 is 0 Å². The molecule has 2 aliphatic rings. The average molecular weight is 702 g/mol. The second kappa shape index (κ2) is 12.4. The number of nitrogens with zero attached hydrogens (tertiary/aromatic N) is 3. The van der Waals surface area contributed by atoms with Gasteiger partial charge in [-0.2, -0.15) is 26.3 Å². The molecule has 0 aliphatic carbocycles. The van der Waals surface area contributed by atoms with Crippen LogP contribution >= 0.6 is 11.6 Å². The van der Waals surface area contributed by atoms with Crippen molar-refractivity contribution >= 4 is 51.1 Å². The van der Waals surface area contributed by atoms with Crippen molar-refractivity contribution in [2.75, 3.05) is 42.5 Å². The number of carbonyl (C=O) groups is 1. The van der Waals surface area contributed by atoms with Gasteiger partial charge in [-0.1, -0.05) is 42.0 Å². The molecule has 1 fully saturated rings. The summed E-state index contributed by atoms with van der Waals surface area (Å²) in [5.74, 6) is -0.487. The van der Waals surface area contributed by atoms with Gasteiger partial charge in [0, 0.05) is 30.2 Å². The largest absolute Gasteiger partial charge is 0.468 e. The van der Waals surface area contributed by atoms with Crippen molar-refractivity contribution in [2.24, 2.45) is 0 Å². The molecule has 0 amide bonds. The van der Waals surface area contributed by atoms with Crippen LogP contribution in [0.1, 0.15) is 36.1 Å². The van der Waals surface area contributed by atoms with Gasteiger partial charge in [-0.25, -0.2) is 8.42 Å². The van der Waals surface area contributed by atoms with Crippen molar-refractivity contribution in [3.8, 4) is 0 Å². The molecule has 7 nitrogen and oxygen atoms in total. The van der Waals surface area contributed by atoms with Gasteiger partial charge in [-0.15, -0.1) is 0 Å². The molecule has 2 heterocycles. The Hall–Kier alpha value is -3.75. The number of ether oxygens (including phenoxy) is 1. The van der Waals surface area contributed by atoms with Crippen molar-refractivity contribution in [1.29, 1.82) is 0 Å². The first-order valence-electron chi connectivity index (χ1n) is 14.3. The number of carbonyl (C=O) groups excluding carboxylic acids is 1. The Morgan fingerprint density at radius 3 is 2.26 bits per heavy atom. The number of benzene rings is 3. The summed E-state index contributed by atoms with van der Waals surface area (Å²) in [5, 5.41) is -0.140. The number of piperazine rings is 1. The Morgan fingerprint density at radius 2 is 1.60 bits per heavy atom. The maximum atomic E-state index is 14.1. The van der Waals surface area contributed by atoms with Crippen molar-refractivity contribution in [1.82, 2.24) is 4.90 Å². The minimum absolute atomic E-state index is 0.136. The third-order valence-electron chi connectivity index (χ3n) is 8.46. The molecule has 5 rings (SSSR count). The number of alkyl halides is 6. The third-order valence-corrected chi connectivity index (χ3v) is 10.6. The smallest absolute Gasteiger partial charge is 0.417 e. The number of anilines is 2. The zero-order chi connectivity index (χ0) is 34.5. The molecule has 0 N–H and O–H groups in total. The van der Waals surface area contributed by atoms with Crippen molar-refractivity contribution in [3.63, 3.8) is 0 Å². The van der Waals surface area contributed by atoms with Gasteiger partial charge in [-0.3, -0.25) is 14.0 Å². The zero-order valence-corrected chi connectivity index (χ0v) is 26.9. The van der Waals surface area contributed by atoms with Gasteiger partial charge >= 0.3 is 18.3 Å². The van der Waals surface area contributed by atoms with Gasteiger partial charge in [0.15, 0.2) is 0 Å². The van der Waals surface area contributed by atoms with Gasteiger partial charge < -0.3 is 9.64 Å². The standard InChI is InChI=1S/C32H30ClF6N3O4S/c1-30(2,29(43)46-3)40-14-15-41-22(18-40)19-42(47(44,45)23-7-4-6-21(17-23)31(34,35)36)28-16-20(11-13-27(28)41)10-12-24-25(32(37,38)39)8-5-9-26(24)33/h4-13,16-17,22H,14-15,18-19H2,1-3H3/b12-10+/t22-/m0/s1. The first-order chi connectivity index (χ1) is 21.9.